The summed E-state index contributed by atoms with van der Waals surface area (Å²) in [6.07, 6.45) is 0. The fourth-order valence-corrected chi connectivity index (χ4v) is 29.6. The first-order valence-electron chi connectivity index (χ1n) is 6.26. The molecule has 0 unspecified atom stereocenters. The summed E-state index contributed by atoms with van der Waals surface area (Å²) in [6, 6.07) is 20.2. The van der Waals surface area contributed by atoms with Gasteiger partial charge in [0.25, 0.3) is 0 Å². The van der Waals surface area contributed by atoms with Crippen molar-refractivity contribution in [1.82, 2.24) is 0 Å². The Morgan fingerprint density at radius 1 is 0.591 bits per heavy atom. The summed E-state index contributed by atoms with van der Waals surface area (Å²) >= 11 is 26.4. The zero-order chi connectivity index (χ0) is 15.8. The number of rotatable bonds is 4. The summed E-state index contributed by atoms with van der Waals surface area (Å²) in [5, 5.41) is -4.04. The lowest BCUT2D eigenvalue weighted by Crippen LogP contribution is -2.16. The average Bonchev–Trinajstić information content (AvgIpc) is 2.55. The molecule has 1 fully saturated rings. The molecule has 0 nitrogen and oxygen atoms in total. The summed E-state index contributed by atoms with van der Waals surface area (Å²) < 4.78 is 1.77. The minimum atomic E-state index is -2.02. The summed E-state index contributed by atoms with van der Waals surface area (Å²) in [5.74, 6) is 0. The molecule has 112 valence electrons. The first-order chi connectivity index (χ1) is 10.5. The van der Waals surface area contributed by atoms with E-state index in [9.17, 15) is 0 Å². The van der Waals surface area contributed by atoms with Crippen LogP contribution in [0.4, 0.5) is 0 Å². The second kappa shape index (κ2) is 6.85. The van der Waals surface area contributed by atoms with E-state index in [1.165, 1.54) is 0 Å². The second-order valence-corrected chi connectivity index (χ2v) is 21.6. The lowest BCUT2D eigenvalue weighted by molar-refractivity contribution is 1.48. The Hall–Kier alpha value is 0.620. The Kier molecular flexibility index (Phi) is 5.44. The van der Waals surface area contributed by atoms with Crippen molar-refractivity contribution in [3.8, 4) is 0 Å². The van der Waals surface area contributed by atoms with Crippen LogP contribution in [0.15, 0.2) is 70.5 Å². The van der Waals surface area contributed by atoms with Gasteiger partial charge in [0.05, 0.1) is 19.2 Å². The standard InChI is InChI=1S/C14H10P2S6/c17-13-15(19,21-11-7-3-1-4-8-11)14(18)16(13,20)22-12-9-5-2-6-10-12/h1-10H. The molecular weight excluding hydrogens is 423 g/mol. The van der Waals surface area contributed by atoms with Crippen LogP contribution in [0.2, 0.25) is 0 Å². The highest BCUT2D eigenvalue weighted by molar-refractivity contribution is 9.06. The fourth-order valence-electron chi connectivity index (χ4n) is 1.88. The van der Waals surface area contributed by atoms with Gasteiger partial charge in [-0.05, 0) is 24.3 Å². The Bertz CT molecular complexity index is 739. The van der Waals surface area contributed by atoms with Crippen molar-refractivity contribution in [3.63, 3.8) is 0 Å². The van der Waals surface area contributed by atoms with Crippen LogP contribution in [-0.4, -0.2) is 8.69 Å². The van der Waals surface area contributed by atoms with E-state index in [4.69, 9.17) is 48.0 Å². The third-order valence-electron chi connectivity index (χ3n) is 2.96. The minimum Gasteiger partial charge on any atom is -0.0773 e. The van der Waals surface area contributed by atoms with Gasteiger partial charge in [0, 0.05) is 9.79 Å². The molecule has 8 heteroatoms. The predicted octanol–water partition coefficient (Wildman–Crippen LogP) is 6.94. The Morgan fingerprint density at radius 3 is 1.23 bits per heavy atom. The lowest BCUT2D eigenvalue weighted by Gasteiger charge is -2.42. The molecule has 2 aromatic carbocycles. The molecule has 1 heterocycles. The van der Waals surface area contributed by atoms with Gasteiger partial charge < -0.3 is 0 Å². The first kappa shape index (κ1) is 17.4. The van der Waals surface area contributed by atoms with Crippen molar-refractivity contribution in [1.29, 1.82) is 0 Å². The van der Waals surface area contributed by atoms with E-state index in [0.717, 1.165) is 18.5 Å². The SMILES string of the molecule is S=C1P(=S)(Sc2ccccc2)C(=S)P1(=S)Sc1ccccc1. The normalized spacial score (nSPS) is 27.5. The molecule has 0 atom stereocenters. The molecule has 0 aliphatic carbocycles. The van der Waals surface area contributed by atoms with Crippen molar-refractivity contribution in [2.24, 2.45) is 0 Å². The average molecular weight is 433 g/mol. The monoisotopic (exact) mass is 432 g/mol. The molecular formula is C14H10P2S6. The number of thiocarbonyl (C=S) groups is 2. The van der Waals surface area contributed by atoms with Crippen molar-refractivity contribution < 1.29 is 0 Å². The van der Waals surface area contributed by atoms with Crippen LogP contribution >= 0.6 is 57.7 Å². The van der Waals surface area contributed by atoms with Crippen LogP contribution in [0.1, 0.15) is 0 Å². The van der Waals surface area contributed by atoms with E-state index in [-0.39, 0.29) is 0 Å². The van der Waals surface area contributed by atoms with Crippen molar-refractivity contribution >= 4 is 90.0 Å². The summed E-state index contributed by atoms with van der Waals surface area (Å²) in [7, 11) is 0. The van der Waals surface area contributed by atoms with Gasteiger partial charge in [0.2, 0.25) is 0 Å². The van der Waals surface area contributed by atoms with Crippen LogP contribution in [0.25, 0.3) is 0 Å². The Morgan fingerprint density at radius 2 is 0.909 bits per heavy atom. The highest BCUT2D eigenvalue weighted by Crippen LogP contribution is 2.93. The molecule has 0 saturated carbocycles. The zero-order valence-electron chi connectivity index (χ0n) is 11.1. The molecule has 0 spiro atoms. The van der Waals surface area contributed by atoms with E-state index >= 15 is 0 Å². The molecule has 0 N–H and O–H groups in total. The fraction of sp³-hybridized carbons (Fsp3) is 0. The lowest BCUT2D eigenvalue weighted by atomic mass is 10.4. The smallest absolute Gasteiger partial charge is 0.0773 e. The topological polar surface area (TPSA) is 0 Å². The maximum absolute atomic E-state index is 5.86. The molecule has 1 aliphatic rings. The van der Waals surface area contributed by atoms with Crippen LogP contribution in [-0.2, 0) is 23.6 Å². The summed E-state index contributed by atoms with van der Waals surface area (Å²) in [6.45, 7) is 0. The van der Waals surface area contributed by atoms with E-state index < -0.39 is 10.5 Å². The maximum Gasteiger partial charge on any atom is 0.0913 e. The Balaban J connectivity index is 1.85. The Labute approximate surface area is 159 Å². The summed E-state index contributed by atoms with van der Waals surface area (Å²) in [4.78, 5) is 2.25. The van der Waals surface area contributed by atoms with Crippen LogP contribution in [0.5, 0.6) is 0 Å². The molecule has 2 aromatic rings. The van der Waals surface area contributed by atoms with E-state index in [0.29, 0.717) is 0 Å². The second-order valence-electron chi connectivity index (χ2n) is 4.48. The molecule has 1 saturated heterocycles. The van der Waals surface area contributed by atoms with Crippen LogP contribution in [0.3, 0.4) is 0 Å². The van der Waals surface area contributed by atoms with Gasteiger partial charge in [0.1, 0.15) is 0 Å². The molecule has 1 aliphatic heterocycles. The molecule has 0 aromatic heterocycles. The third kappa shape index (κ3) is 3.10. The van der Waals surface area contributed by atoms with Crippen molar-refractivity contribution in [2.75, 3.05) is 0 Å². The van der Waals surface area contributed by atoms with Crippen LogP contribution < -0.4 is 0 Å². The molecule has 0 amide bonds. The van der Waals surface area contributed by atoms with Gasteiger partial charge in [-0.25, -0.2) is 0 Å². The summed E-state index contributed by atoms with van der Waals surface area (Å²) in [5.41, 5.74) is 0. The molecule has 0 bridgehead atoms. The van der Waals surface area contributed by atoms with Gasteiger partial charge in [-0.15, -0.1) is 0 Å². The van der Waals surface area contributed by atoms with Gasteiger partial charge in [-0.3, -0.25) is 0 Å². The zero-order valence-corrected chi connectivity index (χ0v) is 17.8. The van der Waals surface area contributed by atoms with E-state index in [2.05, 4.69) is 24.3 Å². The van der Waals surface area contributed by atoms with E-state index in [1.54, 1.807) is 22.8 Å². The molecule has 0 radical (unpaired) electrons. The van der Waals surface area contributed by atoms with Gasteiger partial charge in [0.15, 0.2) is 0 Å². The first-order valence-corrected chi connectivity index (χ1v) is 15.5. The van der Waals surface area contributed by atoms with Crippen LogP contribution in [0, 0.1) is 0 Å². The van der Waals surface area contributed by atoms with E-state index in [1.807, 2.05) is 36.4 Å². The predicted molar refractivity (Wildman–Crippen MR) is 118 cm³/mol. The van der Waals surface area contributed by atoms with Crippen molar-refractivity contribution in [2.45, 2.75) is 9.79 Å². The molecule has 3 rings (SSSR count). The third-order valence-corrected chi connectivity index (χ3v) is 27.9. The van der Waals surface area contributed by atoms with Gasteiger partial charge >= 0.3 is 0 Å². The highest BCUT2D eigenvalue weighted by atomic mass is 32.9. The van der Waals surface area contributed by atoms with Crippen molar-refractivity contribution in [3.05, 3.63) is 60.7 Å². The number of hydrogen-bond donors (Lipinski definition) is 0. The quantitative estimate of drug-likeness (QED) is 0.376. The highest BCUT2D eigenvalue weighted by Gasteiger charge is 2.54. The van der Waals surface area contributed by atoms with Gasteiger partial charge in [-0.1, -0.05) is 107 Å². The van der Waals surface area contributed by atoms with Gasteiger partial charge in [-0.2, -0.15) is 0 Å². The number of hydrogen-bond acceptors (Lipinski definition) is 6. The number of benzene rings is 2. The molecule has 22 heavy (non-hydrogen) atoms. The largest absolute Gasteiger partial charge is 0.0913 e. The maximum atomic E-state index is 5.86. The minimum absolute atomic E-state index is 0.887.